The molecular formula is C10H12O2. The van der Waals surface area contributed by atoms with Crippen LogP contribution in [0.15, 0.2) is 24.3 Å². The largest absolute Gasteiger partial charge is 0.452 e. The number of allylic oxidation sites excluding steroid dienone is 3. The van der Waals surface area contributed by atoms with Crippen molar-refractivity contribution in [1.29, 1.82) is 0 Å². The minimum atomic E-state index is -0.484. The van der Waals surface area contributed by atoms with Crippen molar-refractivity contribution >= 4 is 5.97 Å². The van der Waals surface area contributed by atoms with Crippen LogP contribution >= 0.6 is 0 Å². The third-order valence-corrected chi connectivity index (χ3v) is 0.977. The number of carbonyl (C=O) groups is 1. The van der Waals surface area contributed by atoms with Gasteiger partial charge in [-0.3, -0.25) is 0 Å². The second-order valence-electron chi connectivity index (χ2n) is 1.93. The monoisotopic (exact) mass is 164 g/mol. The number of carbonyl (C=O) groups excluding carboxylic acids is 1. The van der Waals surface area contributed by atoms with Gasteiger partial charge in [-0.1, -0.05) is 24.1 Å². The van der Waals surface area contributed by atoms with Gasteiger partial charge in [0.05, 0.1) is 0 Å². The molecule has 0 bridgehead atoms. The molecule has 0 aliphatic rings. The molecule has 0 atom stereocenters. The molecule has 12 heavy (non-hydrogen) atoms. The van der Waals surface area contributed by atoms with Crippen LogP contribution in [0.3, 0.4) is 0 Å². The van der Waals surface area contributed by atoms with Gasteiger partial charge in [-0.25, -0.2) is 4.79 Å². The average molecular weight is 164 g/mol. The van der Waals surface area contributed by atoms with Crippen molar-refractivity contribution in [2.24, 2.45) is 0 Å². The first kappa shape index (κ1) is 10.5. The van der Waals surface area contributed by atoms with Crippen molar-refractivity contribution in [1.82, 2.24) is 0 Å². The molecule has 0 aliphatic carbocycles. The molecule has 0 spiro atoms. The van der Waals surface area contributed by atoms with Gasteiger partial charge >= 0.3 is 5.97 Å². The van der Waals surface area contributed by atoms with Crippen molar-refractivity contribution in [2.75, 3.05) is 6.61 Å². The van der Waals surface area contributed by atoms with Crippen LogP contribution in [0.1, 0.15) is 13.8 Å². The van der Waals surface area contributed by atoms with Gasteiger partial charge in [-0.2, -0.15) is 0 Å². The van der Waals surface area contributed by atoms with Crippen LogP contribution in [0.4, 0.5) is 0 Å². The van der Waals surface area contributed by atoms with E-state index in [1.165, 1.54) is 0 Å². The fourth-order valence-electron chi connectivity index (χ4n) is 0.507. The predicted octanol–water partition coefficient (Wildman–Crippen LogP) is 1.69. The molecule has 0 aromatic carbocycles. The van der Waals surface area contributed by atoms with Crippen molar-refractivity contribution in [3.8, 4) is 11.8 Å². The highest BCUT2D eigenvalue weighted by atomic mass is 16.5. The minimum absolute atomic E-state index is 0.276. The van der Waals surface area contributed by atoms with Crippen LogP contribution in [-0.4, -0.2) is 12.6 Å². The van der Waals surface area contributed by atoms with Crippen molar-refractivity contribution in [3.63, 3.8) is 0 Å². The van der Waals surface area contributed by atoms with Crippen molar-refractivity contribution in [2.45, 2.75) is 13.8 Å². The molecule has 64 valence electrons. The lowest BCUT2D eigenvalue weighted by molar-refractivity contribution is -0.135. The number of ether oxygens (including phenoxy) is 1. The molecule has 0 aliphatic heterocycles. The van der Waals surface area contributed by atoms with Gasteiger partial charge < -0.3 is 4.74 Å². The Bertz CT molecular complexity index is 238. The summed E-state index contributed by atoms with van der Waals surface area (Å²) < 4.78 is 4.70. The fourth-order valence-corrected chi connectivity index (χ4v) is 0.507. The lowest BCUT2D eigenvalue weighted by atomic mass is 10.4. The Morgan fingerprint density at radius 1 is 1.50 bits per heavy atom. The standard InChI is InChI=1S/C10H12O2/c1-3-5-6-7-9-12-10(11)8-4-2/h3,5-7H,9H2,1-2H3/b5-3+,7-6+. The maximum atomic E-state index is 10.6. The number of hydrogen-bond acceptors (Lipinski definition) is 2. The Labute approximate surface area is 72.9 Å². The Morgan fingerprint density at radius 3 is 2.83 bits per heavy atom. The molecule has 0 N–H and O–H groups in total. The van der Waals surface area contributed by atoms with Gasteiger partial charge in [0.25, 0.3) is 0 Å². The third-order valence-electron chi connectivity index (χ3n) is 0.977. The summed E-state index contributed by atoms with van der Waals surface area (Å²) >= 11 is 0. The van der Waals surface area contributed by atoms with E-state index in [-0.39, 0.29) is 6.61 Å². The van der Waals surface area contributed by atoms with Crippen LogP contribution in [0, 0.1) is 11.8 Å². The van der Waals surface area contributed by atoms with E-state index in [4.69, 9.17) is 4.74 Å². The SMILES string of the molecule is CC#CC(=O)OC/C=C/C=C/C. The maximum absolute atomic E-state index is 10.6. The summed E-state index contributed by atoms with van der Waals surface area (Å²) in [6, 6.07) is 0. The van der Waals surface area contributed by atoms with Gasteiger partial charge in [0.2, 0.25) is 0 Å². The van der Waals surface area contributed by atoms with Crippen LogP contribution in [0.2, 0.25) is 0 Å². The summed E-state index contributed by atoms with van der Waals surface area (Å²) in [7, 11) is 0. The molecule has 0 unspecified atom stereocenters. The molecular weight excluding hydrogens is 152 g/mol. The number of hydrogen-bond donors (Lipinski definition) is 0. The highest BCUT2D eigenvalue weighted by molar-refractivity contribution is 5.88. The summed E-state index contributed by atoms with van der Waals surface area (Å²) in [5.74, 6) is 4.25. The molecule has 0 aromatic heterocycles. The van der Waals surface area contributed by atoms with E-state index in [0.29, 0.717) is 0 Å². The molecule has 0 amide bonds. The van der Waals surface area contributed by atoms with Crippen LogP contribution in [0.5, 0.6) is 0 Å². The van der Waals surface area contributed by atoms with Gasteiger partial charge in [0.1, 0.15) is 6.61 Å². The molecule has 0 rings (SSSR count). The Balaban J connectivity index is 3.54. The molecule has 0 saturated heterocycles. The van der Waals surface area contributed by atoms with Crippen molar-refractivity contribution in [3.05, 3.63) is 24.3 Å². The fraction of sp³-hybridized carbons (Fsp3) is 0.300. The van der Waals surface area contributed by atoms with Gasteiger partial charge in [-0.05, 0) is 19.9 Å². The molecule has 0 aromatic rings. The van der Waals surface area contributed by atoms with Gasteiger partial charge in [0.15, 0.2) is 0 Å². The first-order valence-electron chi connectivity index (χ1n) is 3.68. The second kappa shape index (κ2) is 7.62. The van der Waals surface area contributed by atoms with E-state index >= 15 is 0 Å². The van der Waals surface area contributed by atoms with E-state index in [0.717, 1.165) is 0 Å². The number of esters is 1. The quantitative estimate of drug-likeness (QED) is 0.274. The summed E-state index contributed by atoms with van der Waals surface area (Å²) in [5, 5.41) is 0. The summed E-state index contributed by atoms with van der Waals surface area (Å²) in [4.78, 5) is 10.6. The van der Waals surface area contributed by atoms with Crippen LogP contribution in [-0.2, 0) is 9.53 Å². The zero-order chi connectivity index (χ0) is 9.23. The topological polar surface area (TPSA) is 26.3 Å². The van der Waals surface area contributed by atoms with Crippen LogP contribution in [0.25, 0.3) is 0 Å². The van der Waals surface area contributed by atoms with E-state index < -0.39 is 5.97 Å². The van der Waals surface area contributed by atoms with Crippen LogP contribution < -0.4 is 0 Å². The molecule has 0 heterocycles. The zero-order valence-electron chi connectivity index (χ0n) is 7.33. The lowest BCUT2D eigenvalue weighted by Gasteiger charge is -1.91. The highest BCUT2D eigenvalue weighted by Gasteiger charge is 1.90. The molecule has 2 nitrogen and oxygen atoms in total. The molecule has 0 saturated carbocycles. The number of rotatable bonds is 3. The van der Waals surface area contributed by atoms with E-state index in [1.54, 1.807) is 13.0 Å². The average Bonchev–Trinajstić information content (AvgIpc) is 2.05. The highest BCUT2D eigenvalue weighted by Crippen LogP contribution is 1.80. The first-order chi connectivity index (χ1) is 5.81. The summed E-state index contributed by atoms with van der Waals surface area (Å²) in [6.45, 7) is 3.79. The predicted molar refractivity (Wildman–Crippen MR) is 48.4 cm³/mol. The summed E-state index contributed by atoms with van der Waals surface area (Å²) in [5.41, 5.74) is 0. The normalized spacial score (nSPS) is 9.83. The third kappa shape index (κ3) is 6.63. The Kier molecular flexibility index (Phi) is 6.67. The van der Waals surface area contributed by atoms with Gasteiger partial charge in [0, 0.05) is 5.92 Å². The zero-order valence-corrected chi connectivity index (χ0v) is 7.33. The second-order valence-corrected chi connectivity index (χ2v) is 1.93. The van der Waals surface area contributed by atoms with E-state index in [2.05, 4.69) is 11.8 Å². The minimum Gasteiger partial charge on any atom is -0.452 e. The molecule has 2 heteroatoms. The molecule has 0 fully saturated rings. The Morgan fingerprint density at radius 2 is 2.25 bits per heavy atom. The van der Waals surface area contributed by atoms with Crippen molar-refractivity contribution < 1.29 is 9.53 Å². The lowest BCUT2D eigenvalue weighted by Crippen LogP contribution is -2.00. The smallest absolute Gasteiger partial charge is 0.384 e. The summed E-state index contributed by atoms with van der Waals surface area (Å²) in [6.07, 6.45) is 7.31. The maximum Gasteiger partial charge on any atom is 0.384 e. The molecule has 0 radical (unpaired) electrons. The first-order valence-corrected chi connectivity index (χ1v) is 3.68. The van der Waals surface area contributed by atoms with Gasteiger partial charge in [-0.15, -0.1) is 0 Å². The van der Waals surface area contributed by atoms with E-state index in [1.807, 2.05) is 25.2 Å². The van der Waals surface area contributed by atoms with E-state index in [9.17, 15) is 4.79 Å². The Hall–Kier alpha value is -1.49.